The largest absolute Gasteiger partial charge is 0.464 e. The molecule has 4 rings (SSSR count). The summed E-state index contributed by atoms with van der Waals surface area (Å²) in [5.74, 6) is -0.463. The number of cyclic esters (lactones) is 1. The Morgan fingerprint density at radius 3 is 2.03 bits per heavy atom. The second kappa shape index (κ2) is 9.04. The molecule has 0 aromatic heterocycles. The lowest BCUT2D eigenvalue weighted by molar-refractivity contribution is -0.158. The Morgan fingerprint density at radius 2 is 1.45 bits per heavy atom. The third-order valence-electron chi connectivity index (χ3n) is 5.59. The molecule has 31 heavy (non-hydrogen) atoms. The summed E-state index contributed by atoms with van der Waals surface area (Å²) >= 11 is 0. The molecule has 1 fully saturated rings. The number of nitrogens with zero attached hydrogens (tertiary/aromatic N) is 1. The minimum absolute atomic E-state index is 0.213. The Morgan fingerprint density at radius 1 is 0.903 bits per heavy atom. The zero-order chi connectivity index (χ0) is 21.7. The summed E-state index contributed by atoms with van der Waals surface area (Å²) < 4.78 is 11.4. The maximum atomic E-state index is 13.6. The van der Waals surface area contributed by atoms with Crippen molar-refractivity contribution in [1.29, 1.82) is 0 Å². The van der Waals surface area contributed by atoms with Crippen LogP contribution in [0.3, 0.4) is 0 Å². The molecule has 5 nitrogen and oxygen atoms in total. The fourth-order valence-corrected chi connectivity index (χ4v) is 4.15. The summed E-state index contributed by atoms with van der Waals surface area (Å²) in [6.07, 6.45) is -1.03. The molecule has 5 heteroatoms. The van der Waals surface area contributed by atoms with Gasteiger partial charge in [0.1, 0.15) is 0 Å². The molecule has 0 bridgehead atoms. The van der Waals surface area contributed by atoms with E-state index in [2.05, 4.69) is 0 Å². The molecule has 0 radical (unpaired) electrons. The van der Waals surface area contributed by atoms with Crippen molar-refractivity contribution in [3.8, 4) is 0 Å². The van der Waals surface area contributed by atoms with Crippen LogP contribution in [0.1, 0.15) is 29.7 Å². The number of esters is 1. The number of benzene rings is 3. The van der Waals surface area contributed by atoms with Gasteiger partial charge in [-0.2, -0.15) is 0 Å². The molecule has 0 saturated carbocycles. The molecule has 0 spiro atoms. The first-order chi connectivity index (χ1) is 15.1. The van der Waals surface area contributed by atoms with Crippen LogP contribution in [0.25, 0.3) is 0 Å². The molecule has 1 heterocycles. The Labute approximate surface area is 182 Å². The van der Waals surface area contributed by atoms with Crippen molar-refractivity contribution in [3.05, 3.63) is 108 Å². The van der Waals surface area contributed by atoms with E-state index in [0.29, 0.717) is 0 Å². The van der Waals surface area contributed by atoms with Crippen LogP contribution in [-0.4, -0.2) is 29.1 Å². The van der Waals surface area contributed by atoms with E-state index in [1.807, 2.05) is 91.0 Å². The summed E-state index contributed by atoms with van der Waals surface area (Å²) in [6.45, 7) is 2.23. The fraction of sp³-hybridized carbons (Fsp3) is 0.231. The van der Waals surface area contributed by atoms with Crippen LogP contribution in [0.4, 0.5) is 4.79 Å². The van der Waals surface area contributed by atoms with E-state index in [0.717, 1.165) is 16.7 Å². The maximum Gasteiger partial charge on any atom is 0.411 e. The van der Waals surface area contributed by atoms with Crippen molar-refractivity contribution in [2.45, 2.75) is 31.5 Å². The van der Waals surface area contributed by atoms with E-state index in [9.17, 15) is 9.59 Å². The van der Waals surface area contributed by atoms with Gasteiger partial charge in [0.2, 0.25) is 0 Å². The van der Waals surface area contributed by atoms with Gasteiger partial charge in [0.25, 0.3) is 0 Å². The minimum atomic E-state index is -1.33. The van der Waals surface area contributed by atoms with Gasteiger partial charge in [0.05, 0.1) is 13.2 Å². The van der Waals surface area contributed by atoms with E-state index in [-0.39, 0.29) is 19.6 Å². The van der Waals surface area contributed by atoms with Crippen LogP contribution < -0.4 is 0 Å². The second-order valence-corrected chi connectivity index (χ2v) is 7.55. The molecule has 1 aliphatic heterocycles. The van der Waals surface area contributed by atoms with E-state index in [4.69, 9.17) is 9.47 Å². The molecule has 1 amide bonds. The molecular formula is C26H25NO4. The van der Waals surface area contributed by atoms with Gasteiger partial charge >= 0.3 is 12.1 Å². The lowest BCUT2D eigenvalue weighted by Gasteiger charge is -2.37. The van der Waals surface area contributed by atoms with E-state index < -0.39 is 23.7 Å². The van der Waals surface area contributed by atoms with Crippen LogP contribution >= 0.6 is 0 Å². The van der Waals surface area contributed by atoms with Gasteiger partial charge < -0.3 is 9.47 Å². The first-order valence-corrected chi connectivity index (χ1v) is 10.4. The zero-order valence-electron chi connectivity index (χ0n) is 17.4. The van der Waals surface area contributed by atoms with Crippen molar-refractivity contribution in [2.75, 3.05) is 6.61 Å². The Kier molecular flexibility index (Phi) is 6.03. The number of amides is 1. The second-order valence-electron chi connectivity index (χ2n) is 7.55. The minimum Gasteiger partial charge on any atom is -0.464 e. The van der Waals surface area contributed by atoms with Gasteiger partial charge in [-0.3, -0.25) is 4.90 Å². The van der Waals surface area contributed by atoms with Gasteiger partial charge in [0.15, 0.2) is 11.6 Å². The van der Waals surface area contributed by atoms with Crippen molar-refractivity contribution in [1.82, 2.24) is 4.90 Å². The zero-order valence-corrected chi connectivity index (χ0v) is 17.4. The van der Waals surface area contributed by atoms with Gasteiger partial charge in [-0.15, -0.1) is 0 Å². The van der Waals surface area contributed by atoms with Crippen LogP contribution in [0.2, 0.25) is 0 Å². The highest BCUT2D eigenvalue weighted by Gasteiger charge is 2.61. The van der Waals surface area contributed by atoms with Crippen LogP contribution in [0.5, 0.6) is 0 Å². The number of carbonyl (C=O) groups excluding carboxylic acids is 2. The Hall–Kier alpha value is -3.60. The molecule has 1 unspecified atom stereocenters. The van der Waals surface area contributed by atoms with Gasteiger partial charge in [-0.05, 0) is 23.6 Å². The van der Waals surface area contributed by atoms with Crippen LogP contribution in [0, 0.1) is 0 Å². The predicted octanol–water partition coefficient (Wildman–Crippen LogP) is 4.92. The summed E-state index contributed by atoms with van der Waals surface area (Å²) in [5, 5.41) is 0. The monoisotopic (exact) mass is 415 g/mol. The van der Waals surface area contributed by atoms with Gasteiger partial charge in [-0.25, -0.2) is 9.59 Å². The van der Waals surface area contributed by atoms with Crippen molar-refractivity contribution in [3.63, 3.8) is 0 Å². The smallest absolute Gasteiger partial charge is 0.411 e. The first-order valence-electron chi connectivity index (χ1n) is 10.4. The quantitative estimate of drug-likeness (QED) is 0.514. The third-order valence-corrected chi connectivity index (χ3v) is 5.59. The molecule has 2 atom stereocenters. The number of hydrogen-bond donors (Lipinski definition) is 0. The Bertz CT molecular complexity index is 1020. The van der Waals surface area contributed by atoms with Gasteiger partial charge in [0, 0.05) is 6.42 Å². The molecule has 158 valence electrons. The predicted molar refractivity (Wildman–Crippen MR) is 117 cm³/mol. The number of rotatable bonds is 7. The lowest BCUT2D eigenvalue weighted by Crippen LogP contribution is -2.56. The maximum absolute atomic E-state index is 13.6. The summed E-state index contributed by atoms with van der Waals surface area (Å²) in [4.78, 5) is 28.3. The Balaban J connectivity index is 1.86. The standard InChI is InChI=1S/C26H25NO4/c1-2-30-24(28)26(18-20-12-6-3-7-13-20)23(22-16-10-5-11-17-22)31-25(29)27(26)19-21-14-8-4-9-15-21/h3-17,23H,2,18-19H2,1H3/t23?,26-/m1/s1. The highest BCUT2D eigenvalue weighted by molar-refractivity contribution is 5.90. The normalized spacial score (nSPS) is 20.4. The van der Waals surface area contributed by atoms with Crippen molar-refractivity contribution >= 4 is 12.1 Å². The fourth-order valence-electron chi connectivity index (χ4n) is 4.15. The summed E-state index contributed by atoms with van der Waals surface area (Å²) in [5.41, 5.74) is 1.27. The van der Waals surface area contributed by atoms with E-state index in [1.165, 1.54) is 4.90 Å². The highest BCUT2D eigenvalue weighted by atomic mass is 16.6. The van der Waals surface area contributed by atoms with Crippen molar-refractivity contribution < 1.29 is 19.1 Å². The summed E-state index contributed by atoms with van der Waals surface area (Å²) in [6, 6.07) is 28.7. The van der Waals surface area contributed by atoms with E-state index >= 15 is 0 Å². The molecule has 1 aliphatic rings. The highest BCUT2D eigenvalue weighted by Crippen LogP contribution is 2.45. The number of carbonyl (C=O) groups is 2. The van der Waals surface area contributed by atoms with E-state index in [1.54, 1.807) is 6.92 Å². The average molecular weight is 415 g/mol. The van der Waals surface area contributed by atoms with Crippen LogP contribution in [0.15, 0.2) is 91.0 Å². The molecule has 3 aromatic rings. The van der Waals surface area contributed by atoms with Crippen LogP contribution in [-0.2, 0) is 27.2 Å². The van der Waals surface area contributed by atoms with Gasteiger partial charge in [-0.1, -0.05) is 91.0 Å². The lowest BCUT2D eigenvalue weighted by atomic mass is 9.81. The number of ether oxygens (including phenoxy) is 2. The molecule has 0 aliphatic carbocycles. The molecular weight excluding hydrogens is 390 g/mol. The first kappa shape index (κ1) is 20.7. The molecule has 3 aromatic carbocycles. The SMILES string of the molecule is CCOC(=O)[C@@]1(Cc2ccccc2)C(c2ccccc2)OC(=O)N1Cc1ccccc1. The third kappa shape index (κ3) is 4.04. The summed E-state index contributed by atoms with van der Waals surface area (Å²) in [7, 11) is 0. The topological polar surface area (TPSA) is 55.8 Å². The average Bonchev–Trinajstić information content (AvgIpc) is 3.08. The van der Waals surface area contributed by atoms with Crippen molar-refractivity contribution in [2.24, 2.45) is 0 Å². The molecule has 1 saturated heterocycles. The number of hydrogen-bond acceptors (Lipinski definition) is 4. The molecule has 0 N–H and O–H groups in total.